The van der Waals surface area contributed by atoms with Gasteiger partial charge in [0.05, 0.1) is 6.42 Å². The average molecular weight is 589 g/mol. The number of allylic oxidation sites excluding steroid dienone is 2. The predicted octanol–water partition coefficient (Wildman–Crippen LogP) is 1.89. The van der Waals surface area contributed by atoms with Crippen molar-refractivity contribution < 1.29 is 33.3 Å². The molecule has 5 N–H and O–H groups in total. The number of carbonyl (C=O) groups is 5. The molecular formula is C24H36N4O7S3. The van der Waals surface area contributed by atoms with Crippen LogP contribution in [0.2, 0.25) is 0 Å². The fraction of sp³-hybridized carbons (Fsp3) is 0.583. The first-order valence-corrected chi connectivity index (χ1v) is 16.3. The van der Waals surface area contributed by atoms with Gasteiger partial charge in [0, 0.05) is 15.5 Å². The number of esters is 1. The third-order valence-corrected chi connectivity index (χ3v) is 10.5. The van der Waals surface area contributed by atoms with Crippen molar-refractivity contribution in [2.75, 3.05) is 5.75 Å². The second-order valence-corrected chi connectivity index (χ2v) is 14.3. The molecule has 212 valence electrons. The largest absolute Gasteiger partial charge is 0.456 e. The van der Waals surface area contributed by atoms with Crippen LogP contribution in [-0.2, 0) is 28.7 Å². The maximum Gasteiger partial charge on any atom is 0.329 e. The molecule has 0 radical (unpaired) electrons. The van der Waals surface area contributed by atoms with E-state index in [1.54, 1.807) is 52.1 Å². The van der Waals surface area contributed by atoms with Crippen LogP contribution < -0.4 is 21.3 Å². The van der Waals surface area contributed by atoms with Gasteiger partial charge in [0.1, 0.15) is 29.9 Å². The van der Waals surface area contributed by atoms with Gasteiger partial charge in [-0.25, -0.2) is 4.79 Å². The Bertz CT molecular complexity index is 1010. The molecule has 1 saturated heterocycles. The van der Waals surface area contributed by atoms with E-state index < -0.39 is 63.6 Å². The minimum absolute atomic E-state index is 0.0797. The van der Waals surface area contributed by atoms with Crippen LogP contribution in [0, 0.1) is 11.8 Å². The Labute approximate surface area is 232 Å². The lowest BCUT2D eigenvalue weighted by Crippen LogP contribution is -2.57. The summed E-state index contributed by atoms with van der Waals surface area (Å²) in [5.41, 5.74) is -0.0982. The van der Waals surface area contributed by atoms with E-state index in [1.807, 2.05) is 0 Å². The van der Waals surface area contributed by atoms with Gasteiger partial charge in [-0.05, 0) is 46.4 Å². The zero-order chi connectivity index (χ0) is 28.4. The molecule has 2 aliphatic heterocycles. The smallest absolute Gasteiger partial charge is 0.329 e. The van der Waals surface area contributed by atoms with E-state index in [2.05, 4.69) is 21.3 Å². The number of hydrogen-bond donors (Lipinski definition) is 5. The van der Waals surface area contributed by atoms with Gasteiger partial charge in [-0.3, -0.25) is 19.2 Å². The quantitative estimate of drug-likeness (QED) is 0.107. The van der Waals surface area contributed by atoms with E-state index >= 15 is 0 Å². The Morgan fingerprint density at radius 2 is 1.71 bits per heavy atom. The fourth-order valence-corrected chi connectivity index (χ4v) is 7.52. The summed E-state index contributed by atoms with van der Waals surface area (Å²) in [5.74, 6) is -3.83. The van der Waals surface area contributed by atoms with E-state index in [1.165, 1.54) is 16.9 Å². The van der Waals surface area contributed by atoms with E-state index in [9.17, 15) is 28.5 Å². The van der Waals surface area contributed by atoms with Crippen molar-refractivity contribution in [1.29, 1.82) is 0 Å². The molecule has 11 nitrogen and oxygen atoms in total. The summed E-state index contributed by atoms with van der Waals surface area (Å²) in [4.78, 5) is 65.5. The highest BCUT2D eigenvalue weighted by molar-refractivity contribution is 9.11. The highest BCUT2D eigenvalue weighted by Crippen LogP contribution is 2.38. The van der Waals surface area contributed by atoms with E-state index in [4.69, 9.17) is 4.74 Å². The molecule has 0 spiro atoms. The van der Waals surface area contributed by atoms with Gasteiger partial charge in [0.2, 0.25) is 17.7 Å². The van der Waals surface area contributed by atoms with Crippen LogP contribution in [0.25, 0.3) is 0 Å². The summed E-state index contributed by atoms with van der Waals surface area (Å²) in [6.45, 7) is 8.51. The number of hydrogen-bond acceptors (Lipinski definition) is 9. The van der Waals surface area contributed by atoms with Crippen LogP contribution >= 0.6 is 30.4 Å². The van der Waals surface area contributed by atoms with Crippen molar-refractivity contribution in [2.45, 2.75) is 71.7 Å². The first kappa shape index (κ1) is 31.9. The van der Waals surface area contributed by atoms with Crippen LogP contribution in [0.4, 0.5) is 0 Å². The molecule has 0 saturated carbocycles. The summed E-state index contributed by atoms with van der Waals surface area (Å²) >= 11 is 0. The van der Waals surface area contributed by atoms with Gasteiger partial charge in [-0.15, -0.1) is 0 Å². The monoisotopic (exact) mass is 588 g/mol. The SMILES string of the molecule is C/C=C1\NC(=O)[C@H]2CSS/S(O)=C\C/C=C/[C@H](CC(=O)N[C@H](C(C)C)C(=O)N2)OC(=O)[C@H](C(C)C)NC1=O. The third kappa shape index (κ3) is 9.79. The van der Waals surface area contributed by atoms with Crippen LogP contribution in [0.1, 0.15) is 47.5 Å². The van der Waals surface area contributed by atoms with Crippen LogP contribution in [0.15, 0.2) is 23.9 Å². The molecule has 2 aliphatic rings. The van der Waals surface area contributed by atoms with E-state index in [0.29, 0.717) is 6.42 Å². The van der Waals surface area contributed by atoms with Gasteiger partial charge in [0.15, 0.2) is 0 Å². The molecule has 0 aromatic carbocycles. The minimum atomic E-state index is -1.17. The Kier molecular flexibility index (Phi) is 12.9. The van der Waals surface area contributed by atoms with Gasteiger partial charge < -0.3 is 30.6 Å². The standard InChI is InChI=1S/C24H36N4O7S3/c1-6-16-21(30)28-20(14(4)5)24(33)35-15-9-7-8-10-38(34)37-36-12-17(22(31)25-16)26-23(32)19(13(2)3)27-18(29)11-15/h6-7,9-10,13-15,17,19-20,34H,8,11-12H2,1-5H3,(H,25,31)(H,26,32)(H,27,29)(H,28,30)/b9-7+,16-6-/t15-,17-,19-,20+,38?/m1/s1. The molecule has 0 aromatic rings. The molecule has 0 aliphatic carbocycles. The van der Waals surface area contributed by atoms with Crippen LogP contribution in [-0.4, -0.2) is 69.5 Å². The maximum atomic E-state index is 13.2. The van der Waals surface area contributed by atoms with Crippen molar-refractivity contribution in [3.8, 4) is 0 Å². The topological polar surface area (TPSA) is 163 Å². The van der Waals surface area contributed by atoms with E-state index in [0.717, 1.165) is 9.83 Å². The second kappa shape index (κ2) is 15.3. The number of nitrogens with one attached hydrogen (secondary N) is 4. The fourth-order valence-electron chi connectivity index (χ4n) is 3.50. The molecular weight excluding hydrogens is 552 g/mol. The van der Waals surface area contributed by atoms with Gasteiger partial charge in [-0.1, -0.05) is 50.6 Å². The Hall–Kier alpha value is -2.29. The molecule has 5 atom stereocenters. The Balaban J connectivity index is 2.61. The number of carbonyl (C=O) groups excluding carboxylic acids is 5. The van der Waals surface area contributed by atoms with Crippen molar-refractivity contribution in [3.05, 3.63) is 23.9 Å². The summed E-state index contributed by atoms with van der Waals surface area (Å²) in [7, 11) is 1.14. The third-order valence-electron chi connectivity index (χ3n) is 5.63. The molecule has 1 unspecified atom stereocenters. The zero-order valence-electron chi connectivity index (χ0n) is 22.0. The molecule has 2 bridgehead atoms. The zero-order valence-corrected chi connectivity index (χ0v) is 24.5. The van der Waals surface area contributed by atoms with Crippen molar-refractivity contribution >= 4 is 65.4 Å². The lowest BCUT2D eigenvalue weighted by molar-refractivity contribution is -0.153. The lowest BCUT2D eigenvalue weighted by Gasteiger charge is -2.28. The van der Waals surface area contributed by atoms with Crippen molar-refractivity contribution in [2.24, 2.45) is 11.8 Å². The highest BCUT2D eigenvalue weighted by Gasteiger charge is 2.33. The number of fused-ring (bicyclic) bond motifs is 7. The number of ether oxygens (including phenoxy) is 1. The first-order valence-electron chi connectivity index (χ1n) is 12.2. The summed E-state index contributed by atoms with van der Waals surface area (Å²) in [5, 5.41) is 12.2. The van der Waals surface area contributed by atoms with Crippen LogP contribution in [0.3, 0.4) is 0 Å². The summed E-state index contributed by atoms with van der Waals surface area (Å²) < 4.78 is 15.9. The second-order valence-electron chi connectivity index (χ2n) is 9.38. The van der Waals surface area contributed by atoms with Gasteiger partial charge in [0.25, 0.3) is 5.91 Å². The maximum absolute atomic E-state index is 13.2. The Morgan fingerprint density at radius 1 is 1.03 bits per heavy atom. The van der Waals surface area contributed by atoms with Crippen LogP contribution in [0.5, 0.6) is 0 Å². The van der Waals surface area contributed by atoms with Crippen molar-refractivity contribution in [1.82, 2.24) is 21.3 Å². The molecule has 4 amide bonds. The minimum Gasteiger partial charge on any atom is -0.456 e. The average Bonchev–Trinajstić information content (AvgIpc) is 2.84. The molecule has 38 heavy (non-hydrogen) atoms. The molecule has 2 rings (SSSR count). The lowest BCUT2D eigenvalue weighted by atomic mass is 10.0. The highest BCUT2D eigenvalue weighted by atomic mass is 33.5. The summed E-state index contributed by atoms with van der Waals surface area (Å²) in [6.07, 6.45) is 3.70. The van der Waals surface area contributed by atoms with Gasteiger partial charge >= 0.3 is 5.97 Å². The number of amides is 4. The Morgan fingerprint density at radius 3 is 2.34 bits per heavy atom. The van der Waals surface area contributed by atoms with Gasteiger partial charge in [-0.2, -0.15) is 0 Å². The molecule has 14 heteroatoms. The summed E-state index contributed by atoms with van der Waals surface area (Å²) in [6, 6.07) is -3.11. The molecule has 0 aromatic heterocycles. The van der Waals surface area contributed by atoms with Crippen molar-refractivity contribution in [3.63, 3.8) is 0 Å². The molecule has 2 heterocycles. The van der Waals surface area contributed by atoms with E-state index in [-0.39, 0.29) is 29.7 Å². The predicted molar refractivity (Wildman–Crippen MR) is 152 cm³/mol. The first-order chi connectivity index (χ1) is 17.9. The number of rotatable bonds is 2. The normalized spacial score (nSPS) is 31.2. The molecule has 1 fully saturated rings.